The normalized spacial score (nSPS) is 12.1. The van der Waals surface area contributed by atoms with Crippen molar-refractivity contribution in [1.82, 2.24) is 15.0 Å². The van der Waals surface area contributed by atoms with Crippen molar-refractivity contribution in [3.8, 4) is 11.5 Å². The van der Waals surface area contributed by atoms with Crippen molar-refractivity contribution >= 4 is 82.3 Å². The summed E-state index contributed by atoms with van der Waals surface area (Å²) in [5, 5.41) is 25.3. The Kier molecular flexibility index (Phi) is 13.7. The van der Waals surface area contributed by atoms with Gasteiger partial charge in [-0.2, -0.15) is 60.7 Å². The SMILES string of the molecule is COc1cc(N=Nc2cccc(S(=O)(=O)O)c2)ccc1Nc1nc(NCCS(=O)(=O)O)nc(Nc2ccc(N=Nc3ccccc3)cc2OCCCS(=O)(=O)O)n1. The summed E-state index contributed by atoms with van der Waals surface area (Å²) in [5.41, 5.74) is 2.05. The van der Waals surface area contributed by atoms with Gasteiger partial charge in [-0.3, -0.25) is 13.7 Å². The fraction of sp³-hybridized carbons (Fsp3) is 0.182. The van der Waals surface area contributed by atoms with Gasteiger partial charge in [0.2, 0.25) is 17.8 Å². The predicted molar refractivity (Wildman–Crippen MR) is 208 cm³/mol. The molecule has 0 aliphatic heterocycles. The van der Waals surface area contributed by atoms with E-state index in [0.717, 1.165) is 6.07 Å². The summed E-state index contributed by atoms with van der Waals surface area (Å²) in [4.78, 5) is 12.7. The first kappa shape index (κ1) is 42.0. The maximum atomic E-state index is 11.5. The van der Waals surface area contributed by atoms with Crippen molar-refractivity contribution in [2.24, 2.45) is 20.5 Å². The summed E-state index contributed by atoms with van der Waals surface area (Å²) >= 11 is 0. The van der Waals surface area contributed by atoms with Crippen LogP contribution in [-0.2, 0) is 30.4 Å². The topological polar surface area (TPSA) is 306 Å². The van der Waals surface area contributed by atoms with E-state index in [2.05, 4.69) is 51.4 Å². The van der Waals surface area contributed by atoms with Crippen LogP contribution in [0.15, 0.2) is 116 Å². The molecule has 0 saturated heterocycles. The lowest BCUT2D eigenvalue weighted by Crippen LogP contribution is -2.17. The smallest absolute Gasteiger partial charge is 0.294 e. The first-order chi connectivity index (χ1) is 27.0. The fourth-order valence-corrected chi connectivity index (χ4v) is 5.96. The second kappa shape index (κ2) is 18.6. The minimum Gasteiger partial charge on any atom is -0.494 e. The Bertz CT molecular complexity index is 2600. The van der Waals surface area contributed by atoms with E-state index in [1.807, 2.05) is 6.07 Å². The second-order valence-electron chi connectivity index (χ2n) is 11.5. The van der Waals surface area contributed by atoms with Gasteiger partial charge in [0.1, 0.15) is 11.5 Å². The molecule has 5 aromatic rings. The number of hydrogen-bond donors (Lipinski definition) is 6. The molecule has 0 amide bonds. The Morgan fingerprint density at radius 3 is 1.70 bits per heavy atom. The van der Waals surface area contributed by atoms with E-state index in [-0.39, 0.29) is 65.2 Å². The number of anilines is 5. The van der Waals surface area contributed by atoms with Gasteiger partial charge >= 0.3 is 0 Å². The fourth-order valence-electron chi connectivity index (χ4n) is 4.60. The highest BCUT2D eigenvalue weighted by Crippen LogP contribution is 2.35. The standard InChI is InChI=1S/C33H34N10O11S3/c1-53-29-20-24(43-41-23-9-5-10-26(19-23)57(50,51)52)11-13-27(29)35-32-37-31(34-15-18-56(47,48)49)38-33(39-32)36-28-14-12-25(42-40-22-7-3-2-4-8-22)21-30(28)54-16-6-17-55(44,45)46/h2-5,7-14,19-21H,6,15-18H2,1H3,(H,44,45,46)(H,47,48,49)(H,50,51,52)(H3,34,35,36,37,38,39). The van der Waals surface area contributed by atoms with Gasteiger partial charge < -0.3 is 25.4 Å². The summed E-state index contributed by atoms with van der Waals surface area (Å²) in [6, 6.07) is 23.5. The summed E-state index contributed by atoms with van der Waals surface area (Å²) < 4.78 is 107. The molecule has 0 unspecified atom stereocenters. The number of azo groups is 2. The van der Waals surface area contributed by atoms with Crippen LogP contribution >= 0.6 is 0 Å². The van der Waals surface area contributed by atoms with Crippen LogP contribution in [-0.4, -0.2) is 85.6 Å². The number of nitrogens with zero attached hydrogens (tertiary/aromatic N) is 7. The number of ether oxygens (including phenoxy) is 2. The van der Waals surface area contributed by atoms with Crippen LogP contribution in [0.25, 0.3) is 0 Å². The van der Waals surface area contributed by atoms with Crippen molar-refractivity contribution in [3.63, 3.8) is 0 Å². The number of nitrogens with one attached hydrogen (secondary N) is 3. The van der Waals surface area contributed by atoms with Crippen LogP contribution in [0, 0.1) is 0 Å². The Labute approximate surface area is 326 Å². The van der Waals surface area contributed by atoms with E-state index in [1.165, 1.54) is 37.4 Å². The number of aromatic nitrogens is 3. The lowest BCUT2D eigenvalue weighted by molar-refractivity contribution is 0.317. The molecule has 0 fully saturated rings. The first-order valence-corrected chi connectivity index (χ1v) is 21.0. The van der Waals surface area contributed by atoms with E-state index in [0.29, 0.717) is 22.7 Å². The Hall–Kier alpha value is -6.18. The molecule has 0 spiro atoms. The van der Waals surface area contributed by atoms with Gasteiger partial charge in [-0.25, -0.2) is 0 Å². The second-order valence-corrected chi connectivity index (χ2v) is 16.1. The van der Waals surface area contributed by atoms with Crippen molar-refractivity contribution in [1.29, 1.82) is 0 Å². The third kappa shape index (κ3) is 13.8. The predicted octanol–water partition coefficient (Wildman–Crippen LogP) is 6.40. The molecule has 0 atom stereocenters. The number of methoxy groups -OCH3 is 1. The maximum absolute atomic E-state index is 11.5. The molecule has 4 aromatic carbocycles. The number of rotatable bonds is 19. The van der Waals surface area contributed by atoms with Crippen LogP contribution in [0.2, 0.25) is 0 Å². The van der Waals surface area contributed by atoms with Crippen molar-refractivity contribution in [3.05, 3.63) is 91.0 Å². The zero-order valence-corrected chi connectivity index (χ0v) is 32.1. The zero-order chi connectivity index (χ0) is 41.1. The van der Waals surface area contributed by atoms with Gasteiger partial charge in [0, 0.05) is 18.7 Å². The Morgan fingerprint density at radius 1 is 0.596 bits per heavy atom. The van der Waals surface area contributed by atoms with Gasteiger partial charge in [0.15, 0.2) is 0 Å². The van der Waals surface area contributed by atoms with Crippen LogP contribution < -0.4 is 25.4 Å². The molecule has 5 rings (SSSR count). The molecule has 0 saturated carbocycles. The molecule has 0 aliphatic carbocycles. The molecule has 57 heavy (non-hydrogen) atoms. The summed E-state index contributed by atoms with van der Waals surface area (Å²) in [6.07, 6.45) is -0.0427. The zero-order valence-electron chi connectivity index (χ0n) is 29.7. The van der Waals surface area contributed by atoms with Crippen molar-refractivity contribution in [2.75, 3.05) is 47.7 Å². The molecular formula is C33H34N10O11S3. The summed E-state index contributed by atoms with van der Waals surface area (Å²) in [7, 11) is -11.6. The molecule has 1 aromatic heterocycles. The monoisotopic (exact) mass is 842 g/mol. The Balaban J connectivity index is 1.43. The van der Waals surface area contributed by atoms with Crippen LogP contribution in [0.3, 0.4) is 0 Å². The Morgan fingerprint density at radius 2 is 1.12 bits per heavy atom. The highest BCUT2D eigenvalue weighted by molar-refractivity contribution is 7.86. The molecule has 24 heteroatoms. The van der Waals surface area contributed by atoms with E-state index in [4.69, 9.17) is 14.0 Å². The molecule has 6 N–H and O–H groups in total. The van der Waals surface area contributed by atoms with Crippen LogP contribution in [0.4, 0.5) is 52.0 Å². The molecular weight excluding hydrogens is 809 g/mol. The summed E-state index contributed by atoms with van der Waals surface area (Å²) in [6.45, 7) is -0.395. The maximum Gasteiger partial charge on any atom is 0.294 e. The lowest BCUT2D eigenvalue weighted by atomic mass is 10.2. The quantitative estimate of drug-likeness (QED) is 0.0297. The number of benzene rings is 4. The average Bonchev–Trinajstić information content (AvgIpc) is 3.15. The average molecular weight is 843 g/mol. The molecule has 0 radical (unpaired) electrons. The minimum absolute atomic E-state index is 0.0427. The highest BCUT2D eigenvalue weighted by Gasteiger charge is 2.15. The largest absolute Gasteiger partial charge is 0.494 e. The van der Waals surface area contributed by atoms with Crippen molar-refractivity contribution < 1.29 is 48.4 Å². The molecule has 0 bridgehead atoms. The number of hydrogen-bond acceptors (Lipinski definition) is 18. The van der Waals surface area contributed by atoms with E-state index < -0.39 is 41.9 Å². The third-order valence-electron chi connectivity index (χ3n) is 7.16. The van der Waals surface area contributed by atoms with E-state index >= 15 is 0 Å². The van der Waals surface area contributed by atoms with Crippen LogP contribution in [0.1, 0.15) is 6.42 Å². The first-order valence-electron chi connectivity index (χ1n) is 16.4. The van der Waals surface area contributed by atoms with Gasteiger partial charge in [-0.15, -0.1) is 0 Å². The van der Waals surface area contributed by atoms with E-state index in [9.17, 15) is 34.4 Å². The molecule has 0 aliphatic rings. The molecule has 1 heterocycles. The third-order valence-corrected chi connectivity index (χ3v) is 9.53. The van der Waals surface area contributed by atoms with Gasteiger partial charge in [0.25, 0.3) is 30.4 Å². The molecule has 300 valence electrons. The molecule has 21 nitrogen and oxygen atoms in total. The highest BCUT2D eigenvalue weighted by atomic mass is 32.2. The van der Waals surface area contributed by atoms with Crippen molar-refractivity contribution in [2.45, 2.75) is 11.3 Å². The van der Waals surface area contributed by atoms with E-state index in [1.54, 1.807) is 48.5 Å². The van der Waals surface area contributed by atoms with Gasteiger partial charge in [0.05, 0.1) is 64.2 Å². The van der Waals surface area contributed by atoms with Gasteiger partial charge in [-0.05, 0) is 61.0 Å². The summed E-state index contributed by atoms with van der Waals surface area (Å²) in [5.74, 6) is -1.03. The minimum atomic E-state index is -4.45. The van der Waals surface area contributed by atoms with Gasteiger partial charge in [-0.1, -0.05) is 24.3 Å². The lowest BCUT2D eigenvalue weighted by Gasteiger charge is -2.15. The van der Waals surface area contributed by atoms with Crippen LogP contribution in [0.5, 0.6) is 11.5 Å².